The molecule has 0 saturated carbocycles. The fourth-order valence-electron chi connectivity index (χ4n) is 1.70. The van der Waals surface area contributed by atoms with Crippen molar-refractivity contribution >= 4 is 5.97 Å². The van der Waals surface area contributed by atoms with Crippen LogP contribution in [0.4, 0.5) is 0 Å². The highest BCUT2D eigenvalue weighted by Gasteiger charge is 2.16. The van der Waals surface area contributed by atoms with Crippen molar-refractivity contribution in [1.29, 1.82) is 0 Å². The van der Waals surface area contributed by atoms with Crippen molar-refractivity contribution in [2.24, 2.45) is 0 Å². The molecule has 0 aliphatic heterocycles. The second-order valence-corrected chi connectivity index (χ2v) is 3.85. The highest BCUT2D eigenvalue weighted by Crippen LogP contribution is 2.27. The number of ether oxygens (including phenoxy) is 1. The molecule has 4 heteroatoms. The zero-order chi connectivity index (χ0) is 13.1. The minimum Gasteiger partial charge on any atom is -0.508 e. The Hall–Kier alpha value is -2.23. The van der Waals surface area contributed by atoms with E-state index in [1.807, 2.05) is 0 Å². The number of carbonyl (C=O) groups is 1. The maximum atomic E-state index is 11.6. The number of phenolic OH excluding ortho intramolecular Hbond substituents is 1. The second kappa shape index (κ2) is 4.96. The van der Waals surface area contributed by atoms with Gasteiger partial charge in [-0.2, -0.15) is 0 Å². The lowest BCUT2D eigenvalue weighted by Gasteiger charge is -1.97. The lowest BCUT2D eigenvalue weighted by molar-refractivity contribution is 0.0524. The SMILES string of the molecule is CCOC(=O)c1cc(-c2cccc(O)c2)oc1C. The molecule has 0 amide bonds. The summed E-state index contributed by atoms with van der Waals surface area (Å²) >= 11 is 0. The van der Waals surface area contributed by atoms with Gasteiger partial charge in [-0.05, 0) is 32.0 Å². The molecule has 0 bridgehead atoms. The third-order valence-electron chi connectivity index (χ3n) is 2.54. The Morgan fingerprint density at radius 1 is 1.39 bits per heavy atom. The fraction of sp³-hybridized carbons (Fsp3) is 0.214. The molecule has 0 aliphatic carbocycles. The van der Waals surface area contributed by atoms with Crippen LogP contribution in [0.15, 0.2) is 34.7 Å². The van der Waals surface area contributed by atoms with Crippen LogP contribution in [0.1, 0.15) is 23.0 Å². The smallest absolute Gasteiger partial charge is 0.341 e. The molecule has 0 unspecified atom stereocenters. The van der Waals surface area contributed by atoms with Gasteiger partial charge in [-0.25, -0.2) is 4.79 Å². The largest absolute Gasteiger partial charge is 0.508 e. The molecule has 2 aromatic rings. The summed E-state index contributed by atoms with van der Waals surface area (Å²) in [6, 6.07) is 8.29. The van der Waals surface area contributed by atoms with Crippen LogP contribution >= 0.6 is 0 Å². The number of hydrogen-bond acceptors (Lipinski definition) is 4. The molecule has 0 radical (unpaired) electrons. The quantitative estimate of drug-likeness (QED) is 0.845. The number of esters is 1. The minimum atomic E-state index is -0.398. The van der Waals surface area contributed by atoms with Gasteiger partial charge >= 0.3 is 5.97 Å². The number of benzene rings is 1. The Morgan fingerprint density at radius 2 is 2.17 bits per heavy atom. The van der Waals surface area contributed by atoms with Gasteiger partial charge in [-0.15, -0.1) is 0 Å². The highest BCUT2D eigenvalue weighted by molar-refractivity contribution is 5.91. The first kappa shape index (κ1) is 12.2. The van der Waals surface area contributed by atoms with Crippen molar-refractivity contribution in [2.45, 2.75) is 13.8 Å². The van der Waals surface area contributed by atoms with Gasteiger partial charge in [0.05, 0.1) is 6.61 Å². The van der Waals surface area contributed by atoms with Crippen molar-refractivity contribution in [2.75, 3.05) is 6.61 Å². The zero-order valence-corrected chi connectivity index (χ0v) is 10.3. The van der Waals surface area contributed by atoms with E-state index in [0.29, 0.717) is 29.3 Å². The van der Waals surface area contributed by atoms with Crippen molar-refractivity contribution < 1.29 is 19.1 Å². The number of hydrogen-bond donors (Lipinski definition) is 1. The topological polar surface area (TPSA) is 59.7 Å². The molecule has 2 rings (SSSR count). The summed E-state index contributed by atoms with van der Waals surface area (Å²) < 4.78 is 10.4. The van der Waals surface area contributed by atoms with Crippen molar-refractivity contribution in [3.63, 3.8) is 0 Å². The molecule has 4 nitrogen and oxygen atoms in total. The summed E-state index contributed by atoms with van der Waals surface area (Å²) in [6.45, 7) is 3.78. The van der Waals surface area contributed by atoms with Crippen LogP contribution in [0.3, 0.4) is 0 Å². The van der Waals surface area contributed by atoms with Crippen molar-refractivity contribution in [3.8, 4) is 17.1 Å². The van der Waals surface area contributed by atoms with Crippen LogP contribution in [0.5, 0.6) is 5.75 Å². The molecule has 1 aromatic heterocycles. The van der Waals surface area contributed by atoms with E-state index in [4.69, 9.17) is 9.15 Å². The minimum absolute atomic E-state index is 0.152. The van der Waals surface area contributed by atoms with Gasteiger partial charge in [0.15, 0.2) is 0 Å². The number of furan rings is 1. The maximum absolute atomic E-state index is 11.6. The van der Waals surface area contributed by atoms with Gasteiger partial charge in [0.2, 0.25) is 0 Å². The Morgan fingerprint density at radius 3 is 2.83 bits per heavy atom. The van der Waals surface area contributed by atoms with Gasteiger partial charge in [0.1, 0.15) is 22.8 Å². The zero-order valence-electron chi connectivity index (χ0n) is 10.3. The third-order valence-corrected chi connectivity index (χ3v) is 2.54. The summed E-state index contributed by atoms with van der Waals surface area (Å²) in [7, 11) is 0. The Bertz CT molecular complexity index is 569. The molecule has 1 aromatic carbocycles. The van der Waals surface area contributed by atoms with Gasteiger partial charge in [0, 0.05) is 5.56 Å². The first-order valence-corrected chi connectivity index (χ1v) is 5.68. The normalized spacial score (nSPS) is 10.3. The molecule has 1 N–H and O–H groups in total. The number of phenols is 1. The molecule has 0 saturated heterocycles. The molecular formula is C14H14O4. The Labute approximate surface area is 105 Å². The summed E-state index contributed by atoms with van der Waals surface area (Å²) in [6.07, 6.45) is 0. The fourth-order valence-corrected chi connectivity index (χ4v) is 1.70. The number of aryl methyl sites for hydroxylation is 1. The molecule has 1 heterocycles. The molecule has 18 heavy (non-hydrogen) atoms. The highest BCUT2D eigenvalue weighted by atomic mass is 16.5. The van der Waals surface area contributed by atoms with Crippen LogP contribution in [0.25, 0.3) is 11.3 Å². The van der Waals surface area contributed by atoms with Gasteiger partial charge < -0.3 is 14.3 Å². The van der Waals surface area contributed by atoms with Crippen LogP contribution in [-0.4, -0.2) is 17.7 Å². The van der Waals surface area contributed by atoms with E-state index in [2.05, 4.69) is 0 Å². The molecule has 0 fully saturated rings. The third kappa shape index (κ3) is 2.37. The Balaban J connectivity index is 2.37. The lowest BCUT2D eigenvalue weighted by atomic mass is 10.1. The Kier molecular flexibility index (Phi) is 3.37. The van der Waals surface area contributed by atoms with E-state index in [1.54, 1.807) is 44.2 Å². The number of rotatable bonds is 3. The van der Waals surface area contributed by atoms with Crippen molar-refractivity contribution in [1.82, 2.24) is 0 Å². The molecule has 0 atom stereocenters. The second-order valence-electron chi connectivity index (χ2n) is 3.85. The summed E-state index contributed by atoms with van der Waals surface area (Å²) in [5, 5.41) is 9.41. The average Bonchev–Trinajstić information content (AvgIpc) is 2.72. The van der Waals surface area contributed by atoms with Gasteiger partial charge in [-0.1, -0.05) is 12.1 Å². The van der Waals surface area contributed by atoms with E-state index in [9.17, 15) is 9.90 Å². The summed E-state index contributed by atoms with van der Waals surface area (Å²) in [4.78, 5) is 11.6. The van der Waals surface area contributed by atoms with Crippen LogP contribution < -0.4 is 0 Å². The van der Waals surface area contributed by atoms with Crippen molar-refractivity contribution in [3.05, 3.63) is 41.7 Å². The monoisotopic (exact) mass is 246 g/mol. The van der Waals surface area contributed by atoms with Gasteiger partial charge in [-0.3, -0.25) is 0 Å². The molecule has 0 aliphatic rings. The lowest BCUT2D eigenvalue weighted by Crippen LogP contribution is -2.04. The predicted octanol–water partition coefficient (Wildman–Crippen LogP) is 3.14. The number of carbonyl (C=O) groups excluding carboxylic acids is 1. The standard InChI is InChI=1S/C14H14O4/c1-3-17-14(16)12-8-13(18-9(12)2)10-5-4-6-11(15)7-10/h4-8,15H,3H2,1-2H3. The van der Waals surface area contributed by atoms with Crippen LogP contribution in [-0.2, 0) is 4.74 Å². The first-order chi connectivity index (χ1) is 8.61. The van der Waals surface area contributed by atoms with Crippen LogP contribution in [0, 0.1) is 6.92 Å². The van der Waals surface area contributed by atoms with E-state index in [0.717, 1.165) is 0 Å². The van der Waals surface area contributed by atoms with Gasteiger partial charge in [0.25, 0.3) is 0 Å². The van der Waals surface area contributed by atoms with E-state index < -0.39 is 5.97 Å². The maximum Gasteiger partial charge on any atom is 0.341 e. The van der Waals surface area contributed by atoms with E-state index in [1.165, 1.54) is 0 Å². The number of aromatic hydroxyl groups is 1. The van der Waals surface area contributed by atoms with E-state index in [-0.39, 0.29) is 5.75 Å². The summed E-state index contributed by atoms with van der Waals surface area (Å²) in [5.41, 5.74) is 1.13. The first-order valence-electron chi connectivity index (χ1n) is 5.68. The molecule has 94 valence electrons. The van der Waals surface area contributed by atoms with Crippen LogP contribution in [0.2, 0.25) is 0 Å². The predicted molar refractivity (Wildman–Crippen MR) is 66.5 cm³/mol. The average molecular weight is 246 g/mol. The van der Waals surface area contributed by atoms with E-state index >= 15 is 0 Å². The summed E-state index contributed by atoms with van der Waals surface area (Å²) in [5.74, 6) is 0.794. The molecular weight excluding hydrogens is 232 g/mol. The molecule has 0 spiro atoms.